The van der Waals surface area contributed by atoms with Crippen molar-refractivity contribution in [2.45, 2.75) is 0 Å². The number of carbonyl (C=O) groups excluding carboxylic acids is 1. The highest BCUT2D eigenvalue weighted by Gasteiger charge is 2.16. The molecular weight excluding hydrogens is 352 g/mol. The normalized spacial score (nSPS) is 11.4. The molecule has 0 radical (unpaired) electrons. The summed E-state index contributed by atoms with van der Waals surface area (Å²) in [6.45, 7) is 0. The highest BCUT2D eigenvalue weighted by atomic mass is 16.5. The number of ether oxygens (including phenoxy) is 2. The third-order valence-corrected chi connectivity index (χ3v) is 4.07. The van der Waals surface area contributed by atoms with Crippen LogP contribution >= 0.6 is 0 Å². The van der Waals surface area contributed by atoms with E-state index in [2.05, 4.69) is 10.2 Å². The summed E-state index contributed by atoms with van der Waals surface area (Å²) in [6, 6.07) is 23.7. The van der Waals surface area contributed by atoms with E-state index in [0.717, 1.165) is 5.56 Å². The van der Waals surface area contributed by atoms with Crippen molar-refractivity contribution in [2.24, 2.45) is 10.2 Å². The van der Waals surface area contributed by atoms with Crippen LogP contribution in [0.5, 0.6) is 11.5 Å². The van der Waals surface area contributed by atoms with E-state index in [4.69, 9.17) is 9.47 Å². The highest BCUT2D eigenvalue weighted by Crippen LogP contribution is 2.26. The Balaban J connectivity index is 1.94. The van der Waals surface area contributed by atoms with Gasteiger partial charge in [-0.3, -0.25) is 4.79 Å². The topological polar surface area (TPSA) is 60.2 Å². The Bertz CT molecular complexity index is 997. The second-order valence-corrected chi connectivity index (χ2v) is 5.87. The fourth-order valence-corrected chi connectivity index (χ4v) is 2.64. The second kappa shape index (κ2) is 9.28. The summed E-state index contributed by atoms with van der Waals surface area (Å²) in [6.07, 6.45) is 1.57. The first-order valence-electron chi connectivity index (χ1n) is 8.71. The molecule has 0 aliphatic rings. The second-order valence-electron chi connectivity index (χ2n) is 5.87. The van der Waals surface area contributed by atoms with Gasteiger partial charge in [0.2, 0.25) is 5.78 Å². The maximum Gasteiger partial charge on any atom is 0.213 e. The van der Waals surface area contributed by atoms with Gasteiger partial charge in [-0.1, -0.05) is 60.7 Å². The molecule has 28 heavy (non-hydrogen) atoms. The zero-order valence-electron chi connectivity index (χ0n) is 15.7. The van der Waals surface area contributed by atoms with Crippen molar-refractivity contribution < 1.29 is 14.3 Å². The average Bonchev–Trinajstić information content (AvgIpc) is 2.77. The Morgan fingerprint density at radius 2 is 1.39 bits per heavy atom. The van der Waals surface area contributed by atoms with Crippen molar-refractivity contribution in [3.05, 3.63) is 95.6 Å². The number of ketones is 1. The first kappa shape index (κ1) is 19.0. The molecule has 0 fully saturated rings. The van der Waals surface area contributed by atoms with Crippen molar-refractivity contribution >= 4 is 17.7 Å². The van der Waals surface area contributed by atoms with Crippen LogP contribution < -0.4 is 9.47 Å². The molecule has 0 spiro atoms. The molecule has 0 unspecified atom stereocenters. The molecular formula is C23H20N2O3. The third-order valence-electron chi connectivity index (χ3n) is 4.07. The Morgan fingerprint density at radius 1 is 0.786 bits per heavy atom. The lowest BCUT2D eigenvalue weighted by molar-refractivity contribution is 0.106. The molecule has 0 heterocycles. The van der Waals surface area contributed by atoms with E-state index in [1.807, 2.05) is 54.6 Å². The number of hydrogen-bond donors (Lipinski definition) is 0. The molecule has 3 aromatic rings. The van der Waals surface area contributed by atoms with E-state index in [1.54, 1.807) is 44.7 Å². The Kier molecular flexibility index (Phi) is 6.31. The van der Waals surface area contributed by atoms with E-state index < -0.39 is 0 Å². The number of carbonyl (C=O) groups is 1. The first-order chi connectivity index (χ1) is 13.7. The van der Waals surface area contributed by atoms with Gasteiger partial charge in [0, 0.05) is 11.1 Å². The maximum atomic E-state index is 12.9. The summed E-state index contributed by atoms with van der Waals surface area (Å²) in [5.41, 5.74) is 2.33. The predicted molar refractivity (Wildman–Crippen MR) is 111 cm³/mol. The van der Waals surface area contributed by atoms with E-state index in [-0.39, 0.29) is 11.5 Å². The molecule has 3 aromatic carbocycles. The molecule has 0 saturated carbocycles. The highest BCUT2D eigenvalue weighted by molar-refractivity contribution is 6.51. The van der Waals surface area contributed by atoms with Crippen molar-refractivity contribution in [3.8, 4) is 11.5 Å². The van der Waals surface area contributed by atoms with Crippen molar-refractivity contribution in [3.63, 3.8) is 0 Å². The van der Waals surface area contributed by atoms with E-state index in [0.29, 0.717) is 22.6 Å². The maximum absolute atomic E-state index is 12.9. The fourth-order valence-electron chi connectivity index (χ4n) is 2.64. The van der Waals surface area contributed by atoms with Gasteiger partial charge >= 0.3 is 0 Å². The molecule has 0 bridgehead atoms. The van der Waals surface area contributed by atoms with Crippen molar-refractivity contribution in [2.75, 3.05) is 14.2 Å². The van der Waals surface area contributed by atoms with Gasteiger partial charge in [0.25, 0.3) is 0 Å². The summed E-state index contributed by atoms with van der Waals surface area (Å²) in [4.78, 5) is 12.9. The molecule has 0 aliphatic carbocycles. The van der Waals surface area contributed by atoms with Crippen LogP contribution in [0.25, 0.3) is 0 Å². The van der Waals surface area contributed by atoms with E-state index in [1.165, 1.54) is 0 Å². The standard InChI is InChI=1S/C23H20N2O3/c1-27-20-14-13-17(15-21(20)28-2)16-24-25-22(18-9-5-3-6-10-18)23(26)19-11-7-4-8-12-19/h3-16H,1-2H3/b24-16+,25-22+. The average molecular weight is 372 g/mol. The van der Waals surface area contributed by atoms with Crippen molar-refractivity contribution in [1.29, 1.82) is 0 Å². The number of rotatable bonds is 7. The number of hydrogen-bond acceptors (Lipinski definition) is 5. The van der Waals surface area contributed by atoms with Gasteiger partial charge in [0.15, 0.2) is 11.5 Å². The van der Waals surface area contributed by atoms with Crippen LogP contribution in [-0.2, 0) is 0 Å². The Labute approximate surface area is 164 Å². The van der Waals surface area contributed by atoms with Gasteiger partial charge in [-0.15, -0.1) is 5.10 Å². The zero-order chi connectivity index (χ0) is 19.8. The monoisotopic (exact) mass is 372 g/mol. The van der Waals surface area contributed by atoms with Crippen LogP contribution in [0.4, 0.5) is 0 Å². The van der Waals surface area contributed by atoms with Gasteiger partial charge in [-0.2, -0.15) is 5.10 Å². The smallest absolute Gasteiger partial charge is 0.213 e. The Hall–Kier alpha value is -3.73. The number of nitrogens with zero attached hydrogens (tertiary/aromatic N) is 2. The Morgan fingerprint density at radius 3 is 2.00 bits per heavy atom. The summed E-state index contributed by atoms with van der Waals surface area (Å²) < 4.78 is 10.5. The van der Waals surface area contributed by atoms with Crippen LogP contribution in [0.15, 0.2) is 89.1 Å². The lowest BCUT2D eigenvalue weighted by Gasteiger charge is -2.07. The summed E-state index contributed by atoms with van der Waals surface area (Å²) in [5.74, 6) is 1.04. The molecule has 3 rings (SSSR count). The molecule has 140 valence electrons. The van der Waals surface area contributed by atoms with Crippen LogP contribution in [0, 0.1) is 0 Å². The third kappa shape index (κ3) is 4.51. The van der Waals surface area contributed by atoms with Gasteiger partial charge in [-0.05, 0) is 23.8 Å². The summed E-state index contributed by atoms with van der Waals surface area (Å²) in [5, 5.41) is 8.37. The predicted octanol–water partition coefficient (Wildman–Crippen LogP) is 4.41. The molecule has 0 N–H and O–H groups in total. The number of methoxy groups -OCH3 is 2. The molecule has 0 amide bonds. The summed E-state index contributed by atoms with van der Waals surface area (Å²) in [7, 11) is 3.15. The quantitative estimate of drug-likeness (QED) is 0.351. The van der Waals surface area contributed by atoms with Gasteiger partial charge in [0.1, 0.15) is 5.71 Å². The van der Waals surface area contributed by atoms with Crippen LogP contribution in [0.1, 0.15) is 21.5 Å². The van der Waals surface area contributed by atoms with Crippen LogP contribution in [-0.4, -0.2) is 31.9 Å². The summed E-state index contributed by atoms with van der Waals surface area (Å²) >= 11 is 0. The minimum atomic E-state index is -0.184. The van der Waals surface area contributed by atoms with Gasteiger partial charge in [-0.25, -0.2) is 0 Å². The lowest BCUT2D eigenvalue weighted by Crippen LogP contribution is -2.15. The fraction of sp³-hybridized carbons (Fsp3) is 0.0870. The van der Waals surface area contributed by atoms with E-state index in [9.17, 15) is 4.79 Å². The van der Waals surface area contributed by atoms with Gasteiger partial charge in [0.05, 0.1) is 20.4 Å². The molecule has 0 atom stereocenters. The van der Waals surface area contributed by atoms with Crippen molar-refractivity contribution in [1.82, 2.24) is 0 Å². The lowest BCUT2D eigenvalue weighted by atomic mass is 10.0. The number of Topliss-reactive ketones (excluding diaryl/α,β-unsaturated/α-hetero) is 1. The molecule has 0 saturated heterocycles. The zero-order valence-corrected chi connectivity index (χ0v) is 15.7. The minimum absolute atomic E-state index is 0.184. The molecule has 5 heteroatoms. The molecule has 0 aliphatic heterocycles. The van der Waals surface area contributed by atoms with E-state index >= 15 is 0 Å². The number of benzene rings is 3. The largest absolute Gasteiger partial charge is 0.493 e. The van der Waals surface area contributed by atoms with Crippen LogP contribution in [0.2, 0.25) is 0 Å². The minimum Gasteiger partial charge on any atom is -0.493 e. The van der Waals surface area contributed by atoms with Gasteiger partial charge < -0.3 is 9.47 Å². The van der Waals surface area contributed by atoms with Crippen LogP contribution in [0.3, 0.4) is 0 Å². The first-order valence-corrected chi connectivity index (χ1v) is 8.71. The SMILES string of the molecule is COc1ccc(/C=N/N=C(/C(=O)c2ccccc2)c2ccccc2)cc1OC. The molecule has 0 aromatic heterocycles. The molecule has 5 nitrogen and oxygen atoms in total.